The Kier molecular flexibility index (Phi) is 4.17. The zero-order valence-corrected chi connectivity index (χ0v) is 20.4. The number of thiophene rings is 1. The van der Waals surface area contributed by atoms with E-state index in [0.717, 1.165) is 0 Å². The van der Waals surface area contributed by atoms with Crippen LogP contribution in [0.15, 0.2) is 34.8 Å². The molecule has 3 heteroatoms. The van der Waals surface area contributed by atoms with Gasteiger partial charge in [-0.2, -0.15) is 0 Å². The zero-order valence-electron chi connectivity index (χ0n) is 17.8. The SMILES string of the molecule is CC1=Cc2c(C)cc(C)cc2C1S1=C2C(=c3cc(C)sc3=C2[Si](C)C)C=C1C. The molecule has 1 radical (unpaired) electrons. The molecule has 0 saturated heterocycles. The number of aryl methyl sites for hydroxylation is 3. The number of hydrogen-bond acceptors (Lipinski definition) is 1. The molecule has 0 nitrogen and oxygen atoms in total. The summed E-state index contributed by atoms with van der Waals surface area (Å²) >= 11 is 2.01. The van der Waals surface area contributed by atoms with E-state index in [0.29, 0.717) is 5.25 Å². The highest BCUT2D eigenvalue weighted by atomic mass is 32.2. The van der Waals surface area contributed by atoms with Gasteiger partial charge in [-0.05, 0) is 79.1 Å². The maximum absolute atomic E-state index is 2.52. The monoisotopic (exact) mass is 419 g/mol. The molecule has 0 spiro atoms. The van der Waals surface area contributed by atoms with E-state index in [1.807, 2.05) is 11.3 Å². The van der Waals surface area contributed by atoms with Crippen LogP contribution in [0.3, 0.4) is 0 Å². The van der Waals surface area contributed by atoms with Gasteiger partial charge in [0.1, 0.15) is 0 Å². The van der Waals surface area contributed by atoms with Gasteiger partial charge in [0.05, 0.1) is 14.0 Å². The smallest absolute Gasteiger partial charge is 0.0826 e. The van der Waals surface area contributed by atoms with Gasteiger partial charge < -0.3 is 0 Å². The second-order valence-corrected chi connectivity index (χ2v) is 14.6. The lowest BCUT2D eigenvalue weighted by atomic mass is 10.0. The Hall–Kier alpha value is -1.42. The first kappa shape index (κ1) is 18.6. The molecular formula is C25H27S2Si. The molecule has 2 heterocycles. The van der Waals surface area contributed by atoms with Gasteiger partial charge in [-0.3, -0.25) is 0 Å². The van der Waals surface area contributed by atoms with Crippen LogP contribution in [0.1, 0.15) is 46.2 Å². The number of rotatable bonds is 2. The highest BCUT2D eigenvalue weighted by Gasteiger charge is 2.36. The lowest BCUT2D eigenvalue weighted by molar-refractivity contribution is 1.14. The Morgan fingerprint density at radius 3 is 2.43 bits per heavy atom. The molecule has 2 unspecified atom stereocenters. The van der Waals surface area contributed by atoms with Gasteiger partial charge in [0.15, 0.2) is 0 Å². The second-order valence-electron chi connectivity index (χ2n) is 8.66. The Morgan fingerprint density at radius 2 is 1.71 bits per heavy atom. The highest BCUT2D eigenvalue weighted by molar-refractivity contribution is 8.21. The molecule has 2 atom stereocenters. The summed E-state index contributed by atoms with van der Waals surface area (Å²) < 4.78 is 1.59. The molecule has 2 aromatic rings. The van der Waals surface area contributed by atoms with Crippen LogP contribution in [0.5, 0.6) is 0 Å². The third-order valence-corrected chi connectivity index (χ3v) is 11.8. The van der Waals surface area contributed by atoms with Crippen molar-refractivity contribution < 1.29 is 0 Å². The summed E-state index contributed by atoms with van der Waals surface area (Å²) in [7, 11) is -0.390. The van der Waals surface area contributed by atoms with Gasteiger partial charge in [-0.25, -0.2) is 0 Å². The zero-order chi connectivity index (χ0) is 19.9. The van der Waals surface area contributed by atoms with E-state index >= 15 is 0 Å². The third-order valence-electron chi connectivity index (χ3n) is 6.13. The van der Waals surface area contributed by atoms with Gasteiger partial charge in [0.25, 0.3) is 0 Å². The quantitative estimate of drug-likeness (QED) is 0.426. The van der Waals surface area contributed by atoms with Crippen molar-refractivity contribution in [1.82, 2.24) is 0 Å². The van der Waals surface area contributed by atoms with Crippen LogP contribution in [0, 0.1) is 20.8 Å². The van der Waals surface area contributed by atoms with Crippen LogP contribution in [-0.4, -0.2) is 13.7 Å². The third kappa shape index (κ3) is 2.46. The Bertz CT molecular complexity index is 1280. The van der Waals surface area contributed by atoms with E-state index in [4.69, 9.17) is 0 Å². The van der Waals surface area contributed by atoms with E-state index < -0.39 is 8.80 Å². The minimum absolute atomic E-state index is 0.145. The van der Waals surface area contributed by atoms with E-state index in [1.54, 1.807) is 36.2 Å². The highest BCUT2D eigenvalue weighted by Crippen LogP contribution is 2.57. The lowest BCUT2D eigenvalue weighted by Crippen LogP contribution is -2.22. The fourth-order valence-corrected chi connectivity index (χ4v) is 11.8. The first-order valence-electron chi connectivity index (χ1n) is 10.0. The molecule has 0 fully saturated rings. The molecule has 143 valence electrons. The van der Waals surface area contributed by atoms with Gasteiger partial charge in [0, 0.05) is 19.5 Å². The lowest BCUT2D eigenvalue weighted by Gasteiger charge is -2.24. The average Bonchev–Trinajstić information content (AvgIpc) is 3.27. The topological polar surface area (TPSA) is 0 Å². The molecule has 0 amide bonds. The summed E-state index contributed by atoms with van der Waals surface area (Å²) in [6.07, 6.45) is 4.99. The van der Waals surface area contributed by atoms with E-state index in [1.165, 1.54) is 26.8 Å². The van der Waals surface area contributed by atoms with Crippen molar-refractivity contribution in [2.75, 3.05) is 0 Å². The fourth-order valence-electron chi connectivity index (χ4n) is 5.10. The molecule has 2 aliphatic carbocycles. The summed E-state index contributed by atoms with van der Waals surface area (Å²) in [6, 6.07) is 7.23. The maximum atomic E-state index is 2.52. The molecule has 1 aromatic carbocycles. The van der Waals surface area contributed by atoms with Crippen molar-refractivity contribution in [3.05, 3.63) is 71.6 Å². The fraction of sp³-hybridized carbons (Fsp3) is 0.320. The summed E-state index contributed by atoms with van der Waals surface area (Å²) in [5.41, 5.74) is 8.95. The Labute approximate surface area is 176 Å². The molecule has 0 saturated carbocycles. The molecule has 0 N–H and O–H groups in total. The standard InChI is InChI=1S/C25H27S2Si/c1-13-8-14(2)18-10-15(3)23(20(18)9-13)27-17(5)12-21-19-11-16(4)26-22(19)25(24(21)27)28(6)7/h8-12,23H,1-7H3. The van der Waals surface area contributed by atoms with Crippen LogP contribution in [-0.2, 0) is 0 Å². The number of hydrogen-bond donors (Lipinski definition) is 0. The minimum Gasteiger partial charge on any atom is -0.141 e. The minimum atomic E-state index is -0.535. The van der Waals surface area contributed by atoms with Gasteiger partial charge in [0.2, 0.25) is 0 Å². The largest absolute Gasteiger partial charge is 0.141 e. The molecule has 0 bridgehead atoms. The van der Waals surface area contributed by atoms with Crippen LogP contribution >= 0.6 is 21.8 Å². The molecule has 5 rings (SSSR count). The molecular weight excluding hydrogens is 392 g/mol. The van der Waals surface area contributed by atoms with E-state index in [9.17, 15) is 0 Å². The summed E-state index contributed by atoms with van der Waals surface area (Å²) in [5, 5.41) is 3.76. The first-order valence-corrected chi connectivity index (χ1v) is 14.6. The first-order chi connectivity index (χ1) is 13.3. The van der Waals surface area contributed by atoms with Gasteiger partial charge in [-0.15, -0.1) is 21.8 Å². The van der Waals surface area contributed by atoms with E-state index in [-0.39, 0.29) is 10.5 Å². The Balaban J connectivity index is 1.84. The summed E-state index contributed by atoms with van der Waals surface area (Å²) in [5.74, 6) is 0. The van der Waals surface area contributed by atoms with Crippen molar-refractivity contribution in [3.63, 3.8) is 0 Å². The van der Waals surface area contributed by atoms with Crippen molar-refractivity contribution in [2.24, 2.45) is 0 Å². The van der Waals surface area contributed by atoms with Crippen LogP contribution < -0.4 is 9.75 Å². The predicted octanol–water partition coefficient (Wildman–Crippen LogP) is 5.80. The van der Waals surface area contributed by atoms with Crippen molar-refractivity contribution >= 4 is 52.3 Å². The molecule has 28 heavy (non-hydrogen) atoms. The van der Waals surface area contributed by atoms with Gasteiger partial charge in [-0.1, -0.05) is 42.4 Å². The van der Waals surface area contributed by atoms with Crippen LogP contribution in [0.2, 0.25) is 13.1 Å². The van der Waals surface area contributed by atoms with Crippen molar-refractivity contribution in [3.8, 4) is 0 Å². The normalized spacial score (nSPS) is 22.6. The maximum Gasteiger partial charge on any atom is 0.0826 e. The molecule has 1 aliphatic heterocycles. The van der Waals surface area contributed by atoms with E-state index in [2.05, 4.69) is 78.1 Å². The average molecular weight is 420 g/mol. The number of benzene rings is 1. The molecule has 3 aliphatic rings. The molecule has 1 aromatic heterocycles. The summed E-state index contributed by atoms with van der Waals surface area (Å²) in [6.45, 7) is 16.5. The van der Waals surface area contributed by atoms with Gasteiger partial charge >= 0.3 is 0 Å². The Morgan fingerprint density at radius 1 is 0.964 bits per heavy atom. The predicted molar refractivity (Wildman–Crippen MR) is 131 cm³/mol. The summed E-state index contributed by atoms with van der Waals surface area (Å²) in [4.78, 5) is 4.72. The second kappa shape index (κ2) is 6.29. The van der Waals surface area contributed by atoms with Crippen LogP contribution in [0.4, 0.5) is 0 Å². The van der Waals surface area contributed by atoms with Crippen molar-refractivity contribution in [1.29, 1.82) is 0 Å². The number of allylic oxidation sites excluding steroid dienone is 2. The van der Waals surface area contributed by atoms with Crippen molar-refractivity contribution in [2.45, 2.75) is 53.0 Å². The number of fused-ring (bicyclic) bond motifs is 3. The van der Waals surface area contributed by atoms with Crippen LogP contribution in [0.25, 0.3) is 16.8 Å².